The van der Waals surface area contributed by atoms with Gasteiger partial charge in [-0.3, -0.25) is 9.59 Å². The summed E-state index contributed by atoms with van der Waals surface area (Å²) in [5.41, 5.74) is 2.62. The Morgan fingerprint density at radius 2 is 1.78 bits per heavy atom. The van der Waals surface area contributed by atoms with Crippen molar-refractivity contribution in [3.63, 3.8) is 0 Å². The lowest BCUT2D eigenvalue weighted by Crippen LogP contribution is -2.30. The Bertz CT molecular complexity index is 1050. The Balaban J connectivity index is 1.38. The number of aromatic nitrogens is 1. The molecule has 3 rings (SSSR count). The van der Waals surface area contributed by atoms with Crippen molar-refractivity contribution < 1.29 is 32.2 Å². The van der Waals surface area contributed by atoms with Crippen molar-refractivity contribution in [1.29, 1.82) is 0 Å². The molecule has 1 aromatic carbocycles. The highest BCUT2D eigenvalue weighted by Gasteiger charge is 2.32. The van der Waals surface area contributed by atoms with Crippen molar-refractivity contribution in [3.8, 4) is 5.75 Å². The summed E-state index contributed by atoms with van der Waals surface area (Å²) in [7, 11) is 0. The summed E-state index contributed by atoms with van der Waals surface area (Å²) in [5.74, 6) is -0.0618. The minimum Gasteiger partial charge on any atom is -0.462 e. The number of aromatic amines is 1. The van der Waals surface area contributed by atoms with Crippen molar-refractivity contribution in [2.75, 3.05) is 6.54 Å². The number of alkyl halides is 3. The summed E-state index contributed by atoms with van der Waals surface area (Å²) < 4.78 is 47.3. The Morgan fingerprint density at radius 3 is 2.42 bits per heavy atom. The van der Waals surface area contributed by atoms with Crippen LogP contribution in [0.15, 0.2) is 18.2 Å². The molecule has 1 heterocycles. The molecule has 2 aromatic rings. The molecule has 1 aliphatic carbocycles. The highest BCUT2D eigenvalue weighted by atomic mass is 19.4. The van der Waals surface area contributed by atoms with Crippen LogP contribution in [0.25, 0.3) is 10.9 Å². The fraction of sp³-hybridized carbons (Fsp3) is 0.630. The second kappa shape index (κ2) is 11.6. The summed E-state index contributed by atoms with van der Waals surface area (Å²) in [6.07, 6.45) is 0.414. The quantitative estimate of drug-likeness (QED) is 0.385. The molecular weight excluding hydrogens is 473 g/mol. The molecular formula is C27H37F3N2O4. The number of hydrogen-bond acceptors (Lipinski definition) is 4. The van der Waals surface area contributed by atoms with E-state index in [4.69, 9.17) is 4.74 Å². The second-order valence-corrected chi connectivity index (χ2v) is 10.8. The third-order valence-electron chi connectivity index (χ3n) is 7.00. The maximum absolute atomic E-state index is 12.6. The zero-order chi connectivity index (χ0) is 26.5. The van der Waals surface area contributed by atoms with Crippen molar-refractivity contribution in [3.05, 3.63) is 29.5 Å². The smallest absolute Gasteiger partial charge is 0.462 e. The molecule has 1 fully saturated rings. The molecule has 0 unspecified atom stereocenters. The van der Waals surface area contributed by atoms with Crippen molar-refractivity contribution in [2.45, 2.75) is 91.5 Å². The summed E-state index contributed by atoms with van der Waals surface area (Å²) in [6, 6.07) is 4.16. The molecule has 36 heavy (non-hydrogen) atoms. The minimum absolute atomic E-state index is 0.0219. The lowest BCUT2D eigenvalue weighted by atomic mass is 9.72. The molecule has 1 amide bonds. The molecule has 0 radical (unpaired) electrons. The number of benzene rings is 1. The molecule has 1 saturated carbocycles. The van der Waals surface area contributed by atoms with Crippen LogP contribution in [-0.2, 0) is 20.7 Å². The summed E-state index contributed by atoms with van der Waals surface area (Å²) >= 11 is 0. The standard InChI is InChI=1S/C27H37F3N2O4/c1-17-21(22-16-20(36-27(28,29)30)12-13-23(22)32-17)14-15-31-24(33)6-5-7-25(34)35-19-10-8-18(9-11-19)26(2,3)4/h12-13,16,18-19,32H,5-11,14-15H2,1-4H3,(H,31,33). The van der Waals surface area contributed by atoms with Crippen molar-refractivity contribution >= 4 is 22.8 Å². The number of halogens is 3. The van der Waals surface area contributed by atoms with E-state index in [0.29, 0.717) is 36.2 Å². The van der Waals surface area contributed by atoms with Gasteiger partial charge >= 0.3 is 12.3 Å². The lowest BCUT2D eigenvalue weighted by molar-refractivity contribution is -0.274. The molecule has 0 aliphatic heterocycles. The molecule has 0 spiro atoms. The highest BCUT2D eigenvalue weighted by Crippen LogP contribution is 2.38. The van der Waals surface area contributed by atoms with Crippen molar-refractivity contribution in [1.82, 2.24) is 10.3 Å². The lowest BCUT2D eigenvalue weighted by Gasteiger charge is -2.36. The Kier molecular flexibility index (Phi) is 8.95. The minimum atomic E-state index is -4.76. The van der Waals surface area contributed by atoms with Crippen LogP contribution in [0, 0.1) is 18.3 Å². The van der Waals surface area contributed by atoms with Gasteiger partial charge < -0.3 is 19.8 Å². The number of amides is 1. The van der Waals surface area contributed by atoms with Crippen LogP contribution >= 0.6 is 0 Å². The van der Waals surface area contributed by atoms with Gasteiger partial charge in [-0.25, -0.2) is 0 Å². The van der Waals surface area contributed by atoms with Crippen LogP contribution in [0.3, 0.4) is 0 Å². The van der Waals surface area contributed by atoms with E-state index in [-0.39, 0.29) is 42.0 Å². The number of hydrogen-bond donors (Lipinski definition) is 2. The molecule has 9 heteroatoms. The topological polar surface area (TPSA) is 80.4 Å². The fourth-order valence-corrected chi connectivity index (χ4v) is 4.98. The molecule has 2 N–H and O–H groups in total. The molecule has 200 valence electrons. The van der Waals surface area contributed by atoms with Crippen LogP contribution < -0.4 is 10.1 Å². The first kappa shape index (κ1) is 27.9. The fourth-order valence-electron chi connectivity index (χ4n) is 4.98. The van der Waals surface area contributed by atoms with E-state index in [1.54, 1.807) is 6.07 Å². The largest absolute Gasteiger partial charge is 0.573 e. The predicted molar refractivity (Wildman–Crippen MR) is 132 cm³/mol. The van der Waals surface area contributed by atoms with E-state index in [1.807, 2.05) is 6.92 Å². The van der Waals surface area contributed by atoms with Crippen LogP contribution in [-0.4, -0.2) is 35.9 Å². The van der Waals surface area contributed by atoms with E-state index in [0.717, 1.165) is 36.9 Å². The number of carbonyl (C=O) groups is 2. The van der Waals surface area contributed by atoms with E-state index in [2.05, 4.69) is 35.8 Å². The van der Waals surface area contributed by atoms with Gasteiger partial charge in [0.1, 0.15) is 11.9 Å². The number of nitrogens with one attached hydrogen (secondary N) is 2. The van der Waals surface area contributed by atoms with Gasteiger partial charge in [0.25, 0.3) is 0 Å². The number of fused-ring (bicyclic) bond motifs is 1. The molecule has 0 bridgehead atoms. The SMILES string of the molecule is Cc1[nH]c2ccc(OC(F)(F)F)cc2c1CCNC(=O)CCCC(=O)OC1CCC(C(C)(C)C)CC1. The average molecular weight is 511 g/mol. The summed E-state index contributed by atoms with van der Waals surface area (Å²) in [6.45, 7) is 8.92. The number of rotatable bonds is 9. The number of H-pyrrole nitrogens is 1. The third kappa shape index (κ3) is 8.17. The van der Waals surface area contributed by atoms with E-state index >= 15 is 0 Å². The molecule has 0 saturated heterocycles. The predicted octanol–water partition coefficient (Wildman–Crippen LogP) is 6.35. The number of carbonyl (C=O) groups excluding carboxylic acids is 2. The van der Waals surface area contributed by atoms with E-state index < -0.39 is 6.36 Å². The van der Waals surface area contributed by atoms with Crippen LogP contribution in [0.5, 0.6) is 5.75 Å². The number of ether oxygens (including phenoxy) is 2. The van der Waals surface area contributed by atoms with Gasteiger partial charge in [0.05, 0.1) is 0 Å². The second-order valence-electron chi connectivity index (χ2n) is 10.8. The highest BCUT2D eigenvalue weighted by molar-refractivity contribution is 5.86. The van der Waals surface area contributed by atoms with Crippen LogP contribution in [0.2, 0.25) is 0 Å². The molecule has 0 atom stereocenters. The van der Waals surface area contributed by atoms with Gasteiger partial charge in [-0.1, -0.05) is 20.8 Å². The van der Waals surface area contributed by atoms with Crippen LogP contribution in [0.1, 0.15) is 77.0 Å². The van der Waals surface area contributed by atoms with Gasteiger partial charge in [0.15, 0.2) is 0 Å². The Hall–Kier alpha value is -2.71. The molecule has 1 aliphatic rings. The van der Waals surface area contributed by atoms with Crippen molar-refractivity contribution in [2.24, 2.45) is 11.3 Å². The zero-order valence-electron chi connectivity index (χ0n) is 21.5. The normalized spacial score (nSPS) is 18.8. The Morgan fingerprint density at radius 1 is 1.08 bits per heavy atom. The number of aryl methyl sites for hydroxylation is 1. The van der Waals surface area contributed by atoms with E-state index in [1.165, 1.54) is 12.1 Å². The first-order valence-electron chi connectivity index (χ1n) is 12.6. The number of esters is 1. The van der Waals surface area contributed by atoms with Gasteiger partial charge in [-0.15, -0.1) is 13.2 Å². The first-order valence-corrected chi connectivity index (χ1v) is 12.6. The maximum Gasteiger partial charge on any atom is 0.573 e. The molecule has 6 nitrogen and oxygen atoms in total. The van der Waals surface area contributed by atoms with Gasteiger partial charge in [-0.2, -0.15) is 0 Å². The van der Waals surface area contributed by atoms with Gasteiger partial charge in [0.2, 0.25) is 5.91 Å². The van der Waals surface area contributed by atoms with Gasteiger partial charge in [0, 0.05) is 36.0 Å². The van der Waals surface area contributed by atoms with Gasteiger partial charge in [-0.05, 0) is 80.5 Å². The maximum atomic E-state index is 12.6. The van der Waals surface area contributed by atoms with Crippen LogP contribution in [0.4, 0.5) is 13.2 Å². The monoisotopic (exact) mass is 510 g/mol. The zero-order valence-corrected chi connectivity index (χ0v) is 21.5. The average Bonchev–Trinajstić information content (AvgIpc) is 3.07. The molecule has 1 aromatic heterocycles. The van der Waals surface area contributed by atoms with E-state index in [9.17, 15) is 22.8 Å². The first-order chi connectivity index (χ1) is 16.8. The Labute approximate surface area is 210 Å². The third-order valence-corrected chi connectivity index (χ3v) is 7.00. The summed E-state index contributed by atoms with van der Waals surface area (Å²) in [5, 5.41) is 3.45. The summed E-state index contributed by atoms with van der Waals surface area (Å²) in [4.78, 5) is 27.5.